The molecular formula is C14H20N2O5S. The minimum atomic E-state index is -4.06. The molecule has 0 saturated heterocycles. The van der Waals surface area contributed by atoms with E-state index in [1.54, 1.807) is 18.2 Å². The normalized spacial score (nSPS) is 11.8. The highest BCUT2D eigenvalue weighted by Gasteiger charge is 2.36. The Hall–Kier alpha value is -2.09. The molecule has 0 spiro atoms. The fraction of sp³-hybridized carbons (Fsp3) is 0.429. The van der Waals surface area contributed by atoms with Crippen LogP contribution < -0.4 is 9.64 Å². The van der Waals surface area contributed by atoms with E-state index in [-0.39, 0.29) is 35.1 Å². The lowest BCUT2D eigenvalue weighted by Gasteiger charge is -2.16. The molecule has 0 fully saturated rings. The van der Waals surface area contributed by atoms with Crippen LogP contribution in [0.25, 0.3) is 0 Å². The Bertz CT molecular complexity index is 717. The summed E-state index contributed by atoms with van der Waals surface area (Å²) in [6.07, 6.45) is 0. The van der Waals surface area contributed by atoms with Gasteiger partial charge in [0.05, 0.1) is 16.7 Å². The molecule has 0 aliphatic heterocycles. The summed E-state index contributed by atoms with van der Waals surface area (Å²) in [5.41, 5.74) is -0.222. The topological polar surface area (TPSA) is 96.3 Å². The van der Waals surface area contributed by atoms with E-state index in [0.29, 0.717) is 0 Å². The van der Waals surface area contributed by atoms with Crippen molar-refractivity contribution in [3.63, 3.8) is 0 Å². The van der Waals surface area contributed by atoms with Crippen molar-refractivity contribution in [1.82, 2.24) is 5.16 Å². The van der Waals surface area contributed by atoms with E-state index in [4.69, 9.17) is 4.74 Å². The summed E-state index contributed by atoms with van der Waals surface area (Å²) in [5.74, 6) is -0.330. The summed E-state index contributed by atoms with van der Waals surface area (Å²) in [7, 11) is -4.06. The Morgan fingerprint density at radius 2 is 1.86 bits per heavy atom. The summed E-state index contributed by atoms with van der Waals surface area (Å²) in [4.78, 5) is -0.182. The van der Waals surface area contributed by atoms with Gasteiger partial charge < -0.3 is 9.94 Å². The number of sulfone groups is 1. The van der Waals surface area contributed by atoms with E-state index in [0.717, 1.165) is 0 Å². The van der Waals surface area contributed by atoms with Crippen molar-refractivity contribution in [2.24, 2.45) is 5.41 Å². The number of hydrogen-bond acceptors (Lipinski definition) is 6. The van der Waals surface area contributed by atoms with Gasteiger partial charge in [0.1, 0.15) is 0 Å². The summed E-state index contributed by atoms with van der Waals surface area (Å²) in [6, 6.07) is 7.57. The zero-order valence-corrected chi connectivity index (χ0v) is 12.8. The Kier molecular flexibility index (Phi) is 5.18. The zero-order chi connectivity index (χ0) is 15.7. The first-order valence-electron chi connectivity index (χ1n) is 6.24. The Morgan fingerprint density at radius 1 is 1.27 bits per heavy atom. The average Bonchev–Trinajstić information content (AvgIpc) is 2.78. The molecule has 22 heavy (non-hydrogen) atoms. The maximum absolute atomic E-state index is 12.5. The second kappa shape index (κ2) is 6.35. The molecule has 7 nitrogen and oxygen atoms in total. The minimum Gasteiger partial charge on any atom is -0.454 e. The molecule has 0 radical (unpaired) electrons. The number of aromatic nitrogens is 2. The highest BCUT2D eigenvalue weighted by atomic mass is 32.2. The van der Waals surface area contributed by atoms with Crippen LogP contribution in [0.1, 0.15) is 28.2 Å². The van der Waals surface area contributed by atoms with Crippen molar-refractivity contribution in [3.05, 3.63) is 35.5 Å². The SMILES string of the molecule is C.CC(C)(C)COc1no[n+]([O-])c1S(=O)(=O)c1ccccc1. The maximum atomic E-state index is 12.5. The summed E-state index contributed by atoms with van der Waals surface area (Å²) < 4.78 is 34.6. The smallest absolute Gasteiger partial charge is 0.414 e. The number of hydrogen-bond donors (Lipinski definition) is 0. The Labute approximate surface area is 130 Å². The highest BCUT2D eigenvalue weighted by molar-refractivity contribution is 7.91. The zero-order valence-electron chi connectivity index (χ0n) is 11.9. The van der Waals surface area contributed by atoms with E-state index in [1.807, 2.05) is 20.8 Å². The fourth-order valence-corrected chi connectivity index (χ4v) is 2.82. The molecule has 0 aliphatic rings. The van der Waals surface area contributed by atoms with E-state index in [2.05, 4.69) is 9.79 Å². The monoisotopic (exact) mass is 328 g/mol. The Morgan fingerprint density at radius 3 is 2.41 bits per heavy atom. The van der Waals surface area contributed by atoms with Crippen LogP contribution in [0, 0.1) is 10.6 Å². The lowest BCUT2D eigenvalue weighted by molar-refractivity contribution is -0.832. The van der Waals surface area contributed by atoms with Crippen molar-refractivity contribution in [1.29, 1.82) is 0 Å². The predicted octanol–water partition coefficient (Wildman–Crippen LogP) is 2.20. The molecule has 1 heterocycles. The molecule has 2 rings (SSSR count). The van der Waals surface area contributed by atoms with Gasteiger partial charge in [0, 0.05) is 0 Å². The number of nitrogens with zero attached hydrogens (tertiary/aromatic N) is 2. The quantitative estimate of drug-likeness (QED) is 0.798. The van der Waals surface area contributed by atoms with Crippen molar-refractivity contribution in [2.45, 2.75) is 38.1 Å². The van der Waals surface area contributed by atoms with E-state index < -0.39 is 14.9 Å². The van der Waals surface area contributed by atoms with Gasteiger partial charge in [0.25, 0.3) is 9.84 Å². The van der Waals surface area contributed by atoms with E-state index in [9.17, 15) is 13.6 Å². The summed E-state index contributed by atoms with van der Waals surface area (Å²) in [6.45, 7) is 5.91. The molecular weight excluding hydrogens is 308 g/mol. The van der Waals surface area contributed by atoms with Gasteiger partial charge in [-0.25, -0.2) is 8.42 Å². The van der Waals surface area contributed by atoms with Gasteiger partial charge in [-0.1, -0.05) is 46.4 Å². The molecule has 0 aliphatic carbocycles. The van der Waals surface area contributed by atoms with Gasteiger partial charge >= 0.3 is 10.9 Å². The van der Waals surface area contributed by atoms with Gasteiger partial charge in [-0.2, -0.15) is 0 Å². The third-order valence-corrected chi connectivity index (χ3v) is 4.22. The number of rotatable bonds is 4. The standard InChI is InChI=1S/C13H16N2O5S.CH4/c1-13(2,3)9-19-11-12(15(16)20-14-11)21(17,18)10-7-5-4-6-8-10;/h4-8H,9H2,1-3H3;1H4. The maximum Gasteiger partial charge on any atom is 0.414 e. The van der Waals surface area contributed by atoms with Crippen LogP contribution >= 0.6 is 0 Å². The van der Waals surface area contributed by atoms with E-state index in [1.165, 1.54) is 12.1 Å². The van der Waals surface area contributed by atoms with Crippen LogP contribution in [0.5, 0.6) is 5.88 Å². The second-order valence-electron chi connectivity index (χ2n) is 5.71. The molecule has 8 heteroatoms. The third kappa shape index (κ3) is 3.76. The lowest BCUT2D eigenvalue weighted by Crippen LogP contribution is -2.31. The van der Waals surface area contributed by atoms with Gasteiger partial charge in [-0.3, -0.25) is 4.63 Å². The van der Waals surface area contributed by atoms with Crippen molar-refractivity contribution >= 4 is 9.84 Å². The molecule has 0 unspecified atom stereocenters. The first-order chi connectivity index (χ1) is 9.72. The largest absolute Gasteiger partial charge is 0.454 e. The summed E-state index contributed by atoms with van der Waals surface area (Å²) >= 11 is 0. The van der Waals surface area contributed by atoms with Crippen LogP contribution in [0.15, 0.2) is 44.9 Å². The first-order valence-corrected chi connectivity index (χ1v) is 7.73. The van der Waals surface area contributed by atoms with Gasteiger partial charge in [0.2, 0.25) is 0 Å². The highest BCUT2D eigenvalue weighted by Crippen LogP contribution is 2.26. The van der Waals surface area contributed by atoms with Crippen molar-refractivity contribution < 1.29 is 22.7 Å². The summed E-state index contributed by atoms with van der Waals surface area (Å²) in [5, 5.41) is 14.4. The average molecular weight is 328 g/mol. The molecule has 1 aromatic heterocycles. The lowest BCUT2D eigenvalue weighted by atomic mass is 9.99. The minimum absolute atomic E-state index is 0. The predicted molar refractivity (Wildman–Crippen MR) is 79.0 cm³/mol. The molecule has 0 amide bonds. The molecule has 1 aromatic carbocycles. The fourth-order valence-electron chi connectivity index (χ4n) is 1.53. The van der Waals surface area contributed by atoms with Gasteiger partial charge in [0.15, 0.2) is 0 Å². The second-order valence-corrected chi connectivity index (χ2v) is 7.57. The van der Waals surface area contributed by atoms with Crippen LogP contribution in [-0.2, 0) is 9.84 Å². The van der Waals surface area contributed by atoms with Crippen LogP contribution in [0.3, 0.4) is 0 Å². The van der Waals surface area contributed by atoms with Crippen LogP contribution in [-0.4, -0.2) is 20.2 Å². The van der Waals surface area contributed by atoms with Crippen LogP contribution in [0.2, 0.25) is 0 Å². The third-order valence-electron chi connectivity index (χ3n) is 2.50. The number of benzene rings is 1. The molecule has 2 aromatic rings. The molecule has 122 valence electrons. The number of ether oxygens (including phenoxy) is 1. The van der Waals surface area contributed by atoms with Gasteiger partial charge in [-0.05, 0) is 22.5 Å². The molecule has 0 atom stereocenters. The van der Waals surface area contributed by atoms with Crippen molar-refractivity contribution in [3.8, 4) is 5.88 Å². The van der Waals surface area contributed by atoms with Gasteiger partial charge in [-0.15, -0.1) is 0 Å². The molecule has 0 bridgehead atoms. The Balaban J connectivity index is 0.00000242. The van der Waals surface area contributed by atoms with Crippen LogP contribution in [0.4, 0.5) is 0 Å². The molecule has 0 N–H and O–H groups in total. The first kappa shape index (κ1) is 18.0. The molecule has 0 saturated carbocycles. The van der Waals surface area contributed by atoms with Crippen molar-refractivity contribution in [2.75, 3.05) is 6.61 Å². The van der Waals surface area contributed by atoms with E-state index >= 15 is 0 Å².